The Balaban J connectivity index is 2.48. The molecule has 2 heteroatoms. The standard InChI is InChI=1S/C14H10OS/c15-14-10-6-2-1-3-8-12(10)16-13-9-5-4-7-11(13)14/h2-9H,1H2. The first-order valence-corrected chi connectivity index (χ1v) is 6.07. The van der Waals surface area contributed by atoms with Crippen LogP contribution in [0.1, 0.15) is 16.9 Å². The lowest BCUT2D eigenvalue weighted by molar-refractivity contribution is 1.44. The lowest BCUT2D eigenvalue weighted by atomic mass is 10.1. The molecular formula is C14H10OS. The van der Waals surface area contributed by atoms with Crippen LogP contribution in [0.3, 0.4) is 0 Å². The monoisotopic (exact) mass is 226 g/mol. The molecule has 1 aliphatic rings. The van der Waals surface area contributed by atoms with Crippen molar-refractivity contribution in [2.24, 2.45) is 0 Å². The molecule has 1 aromatic heterocycles. The summed E-state index contributed by atoms with van der Waals surface area (Å²) in [6.45, 7) is 0. The molecule has 78 valence electrons. The molecule has 2 aromatic rings. The molecule has 0 saturated carbocycles. The van der Waals surface area contributed by atoms with Crippen LogP contribution in [0, 0.1) is 0 Å². The van der Waals surface area contributed by atoms with Crippen LogP contribution < -0.4 is 5.43 Å². The highest BCUT2D eigenvalue weighted by Crippen LogP contribution is 2.25. The lowest BCUT2D eigenvalue weighted by Crippen LogP contribution is -2.05. The molecule has 0 amide bonds. The highest BCUT2D eigenvalue weighted by Gasteiger charge is 2.08. The van der Waals surface area contributed by atoms with E-state index in [1.807, 2.05) is 42.5 Å². The van der Waals surface area contributed by atoms with E-state index >= 15 is 0 Å². The van der Waals surface area contributed by atoms with Crippen molar-refractivity contribution >= 4 is 33.6 Å². The van der Waals surface area contributed by atoms with Crippen molar-refractivity contribution in [1.29, 1.82) is 0 Å². The lowest BCUT2D eigenvalue weighted by Gasteiger charge is -2.01. The van der Waals surface area contributed by atoms with Crippen molar-refractivity contribution < 1.29 is 0 Å². The van der Waals surface area contributed by atoms with Crippen LogP contribution in [-0.2, 0) is 0 Å². The summed E-state index contributed by atoms with van der Waals surface area (Å²) in [7, 11) is 0. The third kappa shape index (κ3) is 1.42. The summed E-state index contributed by atoms with van der Waals surface area (Å²) in [6.07, 6.45) is 9.02. The van der Waals surface area contributed by atoms with Crippen LogP contribution in [0.25, 0.3) is 22.2 Å². The fourth-order valence-corrected chi connectivity index (χ4v) is 2.98. The van der Waals surface area contributed by atoms with E-state index in [9.17, 15) is 4.79 Å². The molecule has 0 saturated heterocycles. The molecule has 0 aliphatic heterocycles. The predicted octanol–water partition coefficient (Wildman–Crippen LogP) is 3.69. The number of benzene rings is 1. The van der Waals surface area contributed by atoms with Gasteiger partial charge in [0.1, 0.15) is 0 Å². The zero-order chi connectivity index (χ0) is 11.0. The van der Waals surface area contributed by atoms with Gasteiger partial charge in [0.25, 0.3) is 0 Å². The highest BCUT2D eigenvalue weighted by atomic mass is 32.1. The first kappa shape index (κ1) is 9.55. The number of rotatable bonds is 0. The average Bonchev–Trinajstić information content (AvgIpc) is 2.55. The van der Waals surface area contributed by atoms with Gasteiger partial charge in [0, 0.05) is 20.5 Å². The molecule has 0 atom stereocenters. The van der Waals surface area contributed by atoms with E-state index in [1.165, 1.54) is 0 Å². The van der Waals surface area contributed by atoms with Crippen molar-refractivity contribution in [2.45, 2.75) is 6.42 Å². The Hall–Kier alpha value is -1.67. The van der Waals surface area contributed by atoms with E-state index in [1.54, 1.807) is 11.3 Å². The summed E-state index contributed by atoms with van der Waals surface area (Å²) in [5.41, 5.74) is 0.976. The SMILES string of the molecule is O=c1c2c(sc3ccccc13)C=CCC=C2. The van der Waals surface area contributed by atoms with E-state index in [0.29, 0.717) is 0 Å². The first-order chi connectivity index (χ1) is 7.86. The van der Waals surface area contributed by atoms with Crippen molar-refractivity contribution in [3.05, 3.63) is 57.1 Å². The maximum atomic E-state index is 12.2. The van der Waals surface area contributed by atoms with Crippen molar-refractivity contribution in [2.75, 3.05) is 0 Å². The number of hydrogen-bond donors (Lipinski definition) is 0. The van der Waals surface area contributed by atoms with Crippen LogP contribution >= 0.6 is 11.3 Å². The van der Waals surface area contributed by atoms with Gasteiger partial charge >= 0.3 is 0 Å². The van der Waals surface area contributed by atoms with Gasteiger partial charge in [-0.1, -0.05) is 30.4 Å². The molecule has 0 bridgehead atoms. The van der Waals surface area contributed by atoms with E-state index in [4.69, 9.17) is 0 Å². The minimum absolute atomic E-state index is 0.146. The third-order valence-electron chi connectivity index (χ3n) is 2.69. The Morgan fingerprint density at radius 2 is 1.88 bits per heavy atom. The molecule has 1 aliphatic carbocycles. The predicted molar refractivity (Wildman–Crippen MR) is 70.8 cm³/mol. The molecule has 3 rings (SSSR count). The molecule has 16 heavy (non-hydrogen) atoms. The van der Waals surface area contributed by atoms with Gasteiger partial charge in [-0.25, -0.2) is 0 Å². The summed E-state index contributed by atoms with van der Waals surface area (Å²) in [5, 5.41) is 0.825. The average molecular weight is 226 g/mol. The largest absolute Gasteiger partial charge is 0.289 e. The molecule has 1 heterocycles. The molecule has 1 aromatic carbocycles. The van der Waals surface area contributed by atoms with E-state index in [0.717, 1.165) is 26.9 Å². The van der Waals surface area contributed by atoms with Crippen LogP contribution in [0.4, 0.5) is 0 Å². The molecule has 0 unspecified atom stereocenters. The van der Waals surface area contributed by atoms with Crippen LogP contribution in [0.2, 0.25) is 0 Å². The first-order valence-electron chi connectivity index (χ1n) is 5.25. The second-order valence-corrected chi connectivity index (χ2v) is 4.83. The van der Waals surface area contributed by atoms with Gasteiger partial charge in [0.2, 0.25) is 0 Å². The van der Waals surface area contributed by atoms with Crippen molar-refractivity contribution in [3.8, 4) is 0 Å². The number of fused-ring (bicyclic) bond motifs is 2. The van der Waals surface area contributed by atoms with Gasteiger partial charge in [0.15, 0.2) is 5.43 Å². The molecule has 1 nitrogen and oxygen atoms in total. The summed E-state index contributed by atoms with van der Waals surface area (Å²) < 4.78 is 1.06. The Kier molecular flexibility index (Phi) is 2.22. The van der Waals surface area contributed by atoms with Gasteiger partial charge in [-0.3, -0.25) is 4.79 Å². The fraction of sp³-hybridized carbons (Fsp3) is 0.0714. The zero-order valence-corrected chi connectivity index (χ0v) is 9.46. The smallest absolute Gasteiger partial charge is 0.195 e. The number of hydrogen-bond acceptors (Lipinski definition) is 2. The van der Waals surface area contributed by atoms with Gasteiger partial charge in [-0.05, 0) is 24.6 Å². The van der Waals surface area contributed by atoms with Gasteiger partial charge in [-0.2, -0.15) is 0 Å². The Labute approximate surface area is 97.4 Å². The van der Waals surface area contributed by atoms with E-state index in [-0.39, 0.29) is 5.43 Å². The van der Waals surface area contributed by atoms with E-state index in [2.05, 4.69) is 6.08 Å². The van der Waals surface area contributed by atoms with Gasteiger partial charge in [0.05, 0.1) is 0 Å². The number of allylic oxidation sites excluding steroid dienone is 2. The summed E-state index contributed by atoms with van der Waals surface area (Å²) >= 11 is 1.68. The second-order valence-electron chi connectivity index (χ2n) is 3.75. The minimum atomic E-state index is 0.146. The summed E-state index contributed by atoms with van der Waals surface area (Å²) in [5.74, 6) is 0. The third-order valence-corrected chi connectivity index (χ3v) is 3.84. The normalized spacial score (nSPS) is 13.8. The Bertz CT molecular complexity index is 662. The summed E-state index contributed by atoms with van der Waals surface area (Å²) in [6, 6.07) is 7.79. The van der Waals surface area contributed by atoms with Crippen LogP contribution in [0.5, 0.6) is 0 Å². The molecule has 0 radical (unpaired) electrons. The van der Waals surface area contributed by atoms with Crippen molar-refractivity contribution in [1.82, 2.24) is 0 Å². The molecule has 0 N–H and O–H groups in total. The topological polar surface area (TPSA) is 17.1 Å². The molecule has 0 spiro atoms. The fourth-order valence-electron chi connectivity index (χ4n) is 1.89. The maximum absolute atomic E-state index is 12.2. The maximum Gasteiger partial charge on any atom is 0.195 e. The van der Waals surface area contributed by atoms with Crippen molar-refractivity contribution in [3.63, 3.8) is 0 Å². The second kappa shape index (κ2) is 3.72. The zero-order valence-electron chi connectivity index (χ0n) is 8.64. The Morgan fingerprint density at radius 1 is 1.06 bits per heavy atom. The van der Waals surface area contributed by atoms with Gasteiger partial charge in [-0.15, -0.1) is 11.3 Å². The summed E-state index contributed by atoms with van der Waals surface area (Å²) in [4.78, 5) is 13.3. The molecular weight excluding hydrogens is 216 g/mol. The Morgan fingerprint density at radius 3 is 2.81 bits per heavy atom. The highest BCUT2D eigenvalue weighted by molar-refractivity contribution is 7.19. The quantitative estimate of drug-likeness (QED) is 0.669. The minimum Gasteiger partial charge on any atom is -0.289 e. The van der Waals surface area contributed by atoms with Gasteiger partial charge < -0.3 is 0 Å². The van der Waals surface area contributed by atoms with Crippen LogP contribution in [0.15, 0.2) is 41.2 Å². The van der Waals surface area contributed by atoms with Crippen LogP contribution in [-0.4, -0.2) is 0 Å². The molecule has 0 fully saturated rings. The van der Waals surface area contributed by atoms with E-state index < -0.39 is 0 Å².